The van der Waals surface area contributed by atoms with Crippen LogP contribution in [0.3, 0.4) is 0 Å². The van der Waals surface area contributed by atoms with Gasteiger partial charge >= 0.3 is 0 Å². The minimum Gasteiger partial charge on any atom is -0.492 e. The Bertz CT molecular complexity index is 1130. The number of nitrogens with zero attached hydrogens (tertiary/aromatic N) is 5. The summed E-state index contributed by atoms with van der Waals surface area (Å²) >= 11 is 0. The summed E-state index contributed by atoms with van der Waals surface area (Å²) in [7, 11) is 0. The zero-order chi connectivity index (χ0) is 23.9. The number of tetrazole rings is 1. The van der Waals surface area contributed by atoms with Gasteiger partial charge < -0.3 is 24.4 Å². The maximum atomic E-state index is 12.8. The molecule has 0 aliphatic carbocycles. The molecule has 2 aromatic carbocycles. The summed E-state index contributed by atoms with van der Waals surface area (Å²) in [6, 6.07) is 11.5. The fourth-order valence-electron chi connectivity index (χ4n) is 3.80. The molecule has 4 rings (SSSR count). The van der Waals surface area contributed by atoms with Crippen molar-refractivity contribution in [2.24, 2.45) is 0 Å². The molecule has 34 heavy (non-hydrogen) atoms. The second-order valence-corrected chi connectivity index (χ2v) is 7.79. The van der Waals surface area contributed by atoms with Crippen LogP contribution in [0.5, 0.6) is 11.5 Å². The van der Waals surface area contributed by atoms with Crippen molar-refractivity contribution in [3.05, 3.63) is 42.0 Å². The van der Waals surface area contributed by atoms with E-state index in [1.807, 2.05) is 57.2 Å². The quantitative estimate of drug-likeness (QED) is 0.513. The minimum absolute atomic E-state index is 0.0837. The minimum atomic E-state index is -0.295. The van der Waals surface area contributed by atoms with Crippen molar-refractivity contribution in [3.63, 3.8) is 0 Å². The zero-order valence-electron chi connectivity index (χ0n) is 19.8. The SMILES string of the molecule is CCOc1cc(N2CCOCC2)c(OCC)cc1NC(=O)Cn1nnc(-c2ccccc2C)n1. The van der Waals surface area contributed by atoms with Crippen molar-refractivity contribution in [3.8, 4) is 22.9 Å². The lowest BCUT2D eigenvalue weighted by Gasteiger charge is -2.31. The lowest BCUT2D eigenvalue weighted by Crippen LogP contribution is -2.36. The highest BCUT2D eigenvalue weighted by Gasteiger charge is 2.21. The van der Waals surface area contributed by atoms with Crippen molar-refractivity contribution in [1.82, 2.24) is 20.2 Å². The number of benzene rings is 2. The molecule has 0 unspecified atom stereocenters. The Hall–Kier alpha value is -3.66. The molecule has 0 saturated carbocycles. The number of hydrogen-bond donors (Lipinski definition) is 1. The van der Waals surface area contributed by atoms with Gasteiger partial charge in [0.1, 0.15) is 18.0 Å². The lowest BCUT2D eigenvalue weighted by atomic mass is 10.1. The number of carbonyl (C=O) groups is 1. The Kier molecular flexibility index (Phi) is 7.58. The third-order valence-corrected chi connectivity index (χ3v) is 5.41. The van der Waals surface area contributed by atoms with E-state index in [0.717, 1.165) is 29.9 Å². The lowest BCUT2D eigenvalue weighted by molar-refractivity contribution is -0.117. The van der Waals surface area contributed by atoms with Crippen LogP contribution in [0.4, 0.5) is 11.4 Å². The van der Waals surface area contributed by atoms with E-state index in [-0.39, 0.29) is 12.5 Å². The predicted octanol–water partition coefficient (Wildman–Crippen LogP) is 2.92. The fraction of sp³-hybridized carbons (Fsp3) is 0.417. The number of aromatic nitrogens is 4. The van der Waals surface area contributed by atoms with Gasteiger partial charge in [0.25, 0.3) is 0 Å². The molecule has 10 heteroatoms. The summed E-state index contributed by atoms with van der Waals surface area (Å²) in [4.78, 5) is 16.3. The molecule has 10 nitrogen and oxygen atoms in total. The molecule has 0 radical (unpaired) electrons. The van der Waals surface area contributed by atoms with Gasteiger partial charge in [-0.3, -0.25) is 4.79 Å². The van der Waals surface area contributed by atoms with Gasteiger partial charge in [0.2, 0.25) is 11.7 Å². The summed E-state index contributed by atoms with van der Waals surface area (Å²) in [6.07, 6.45) is 0. The number of aryl methyl sites for hydroxylation is 1. The molecule has 0 spiro atoms. The normalized spacial score (nSPS) is 13.6. The molecule has 1 fully saturated rings. The molecule has 0 atom stereocenters. The molecule has 3 aromatic rings. The first kappa shape index (κ1) is 23.5. The van der Waals surface area contributed by atoms with Crippen molar-refractivity contribution in [2.75, 3.05) is 49.7 Å². The van der Waals surface area contributed by atoms with Crippen molar-refractivity contribution in [2.45, 2.75) is 27.3 Å². The largest absolute Gasteiger partial charge is 0.492 e. The van der Waals surface area contributed by atoms with Gasteiger partial charge in [-0.15, -0.1) is 10.2 Å². The van der Waals surface area contributed by atoms with Gasteiger partial charge in [-0.2, -0.15) is 4.80 Å². The first-order valence-electron chi connectivity index (χ1n) is 11.5. The highest BCUT2D eigenvalue weighted by Crippen LogP contribution is 2.39. The van der Waals surface area contributed by atoms with Crippen LogP contribution in [0.2, 0.25) is 0 Å². The number of morpholine rings is 1. The number of ether oxygens (including phenoxy) is 3. The van der Waals surface area contributed by atoms with Gasteiger partial charge in [-0.25, -0.2) is 0 Å². The van der Waals surface area contributed by atoms with E-state index in [2.05, 4.69) is 25.6 Å². The summed E-state index contributed by atoms with van der Waals surface area (Å²) in [5.41, 5.74) is 3.38. The monoisotopic (exact) mass is 466 g/mol. The molecular formula is C24H30N6O4. The summed E-state index contributed by atoms with van der Waals surface area (Å²) in [5, 5.41) is 15.4. The average molecular weight is 467 g/mol. The average Bonchev–Trinajstić information content (AvgIpc) is 3.29. The summed E-state index contributed by atoms with van der Waals surface area (Å²) < 4.78 is 17.2. The summed E-state index contributed by atoms with van der Waals surface area (Å²) in [6.45, 7) is 9.54. The van der Waals surface area contributed by atoms with Gasteiger partial charge in [-0.1, -0.05) is 24.3 Å². The van der Waals surface area contributed by atoms with Crippen LogP contribution in [-0.2, 0) is 16.1 Å². The molecule has 1 saturated heterocycles. The van der Waals surface area contributed by atoms with Crippen LogP contribution < -0.4 is 19.7 Å². The molecular weight excluding hydrogens is 436 g/mol. The van der Waals surface area contributed by atoms with E-state index in [1.165, 1.54) is 4.80 Å². The third kappa shape index (κ3) is 5.45. The molecule has 1 N–H and O–H groups in total. The van der Waals surface area contributed by atoms with Gasteiger partial charge in [-0.05, 0) is 31.5 Å². The summed E-state index contributed by atoms with van der Waals surface area (Å²) in [5.74, 6) is 1.45. The molecule has 1 amide bonds. The highest BCUT2D eigenvalue weighted by molar-refractivity contribution is 5.93. The van der Waals surface area contributed by atoms with Crippen LogP contribution in [-0.4, -0.2) is 65.6 Å². The van der Waals surface area contributed by atoms with Gasteiger partial charge in [0, 0.05) is 30.8 Å². The third-order valence-electron chi connectivity index (χ3n) is 5.41. The second-order valence-electron chi connectivity index (χ2n) is 7.79. The molecule has 1 aliphatic heterocycles. The zero-order valence-corrected chi connectivity index (χ0v) is 19.8. The Labute approximate surface area is 198 Å². The maximum absolute atomic E-state index is 12.8. The van der Waals surface area contributed by atoms with Crippen molar-refractivity contribution < 1.29 is 19.0 Å². The highest BCUT2D eigenvalue weighted by atomic mass is 16.5. The number of hydrogen-bond acceptors (Lipinski definition) is 8. The van der Waals surface area contributed by atoms with Crippen LogP contribution in [0.1, 0.15) is 19.4 Å². The molecule has 0 bridgehead atoms. The van der Waals surface area contributed by atoms with Gasteiger partial charge in [0.15, 0.2) is 0 Å². The first-order chi connectivity index (χ1) is 16.6. The van der Waals surface area contributed by atoms with E-state index in [0.29, 0.717) is 49.4 Å². The van der Waals surface area contributed by atoms with Crippen molar-refractivity contribution in [1.29, 1.82) is 0 Å². The Balaban J connectivity index is 1.53. The maximum Gasteiger partial charge on any atom is 0.248 e. The van der Waals surface area contributed by atoms with E-state index < -0.39 is 0 Å². The first-order valence-corrected chi connectivity index (χ1v) is 11.5. The number of nitrogens with one attached hydrogen (secondary N) is 1. The number of anilines is 2. The van der Waals surface area contributed by atoms with Crippen LogP contribution in [0.25, 0.3) is 11.4 Å². The molecule has 2 heterocycles. The number of amides is 1. The smallest absolute Gasteiger partial charge is 0.248 e. The van der Waals surface area contributed by atoms with Crippen LogP contribution in [0.15, 0.2) is 36.4 Å². The number of rotatable bonds is 9. The predicted molar refractivity (Wildman–Crippen MR) is 128 cm³/mol. The topological polar surface area (TPSA) is 104 Å². The van der Waals surface area contributed by atoms with Crippen LogP contribution >= 0.6 is 0 Å². The number of carbonyl (C=O) groups excluding carboxylic acids is 1. The molecule has 1 aromatic heterocycles. The Morgan fingerprint density at radius 2 is 1.82 bits per heavy atom. The van der Waals surface area contributed by atoms with E-state index in [4.69, 9.17) is 14.2 Å². The van der Waals surface area contributed by atoms with E-state index >= 15 is 0 Å². The van der Waals surface area contributed by atoms with Gasteiger partial charge in [0.05, 0.1) is 37.8 Å². The Morgan fingerprint density at radius 1 is 1.09 bits per heavy atom. The fourth-order valence-corrected chi connectivity index (χ4v) is 3.80. The second kappa shape index (κ2) is 11.0. The Morgan fingerprint density at radius 3 is 2.56 bits per heavy atom. The standard InChI is InChI=1S/C24H30N6O4/c1-4-33-21-15-20(29-10-12-32-13-11-29)22(34-5-2)14-19(21)25-23(31)16-30-27-24(26-28-30)18-9-7-6-8-17(18)3/h6-9,14-15H,4-5,10-13,16H2,1-3H3,(H,25,31). The van der Waals surface area contributed by atoms with Crippen LogP contribution in [0, 0.1) is 6.92 Å². The molecule has 180 valence electrons. The van der Waals surface area contributed by atoms with Crippen molar-refractivity contribution >= 4 is 17.3 Å². The van der Waals surface area contributed by atoms with E-state index in [9.17, 15) is 4.79 Å². The van der Waals surface area contributed by atoms with E-state index in [1.54, 1.807) is 0 Å². The molecule has 1 aliphatic rings.